The van der Waals surface area contributed by atoms with E-state index in [9.17, 15) is 18.4 Å². The highest BCUT2D eigenvalue weighted by molar-refractivity contribution is 7.99. The summed E-state index contributed by atoms with van der Waals surface area (Å²) in [5.74, 6) is -3.70. The van der Waals surface area contributed by atoms with Gasteiger partial charge in [0, 0.05) is 11.3 Å². The maximum absolute atomic E-state index is 12.8. The van der Waals surface area contributed by atoms with Gasteiger partial charge in [0.2, 0.25) is 11.8 Å². The van der Waals surface area contributed by atoms with Gasteiger partial charge in [-0.15, -0.1) is 0 Å². The fourth-order valence-corrected chi connectivity index (χ4v) is 3.07. The fourth-order valence-electron chi connectivity index (χ4n) is 2.47. The normalized spacial score (nSPS) is 11.0. The number of primary amides is 1. The minimum atomic E-state index is -2.65. The summed E-state index contributed by atoms with van der Waals surface area (Å²) in [5, 5.41) is 2.69. The van der Waals surface area contributed by atoms with E-state index >= 15 is 0 Å². The first-order valence-corrected chi connectivity index (χ1v) is 8.42. The molecular weight excluding hydrogens is 362 g/mol. The van der Waals surface area contributed by atoms with Crippen LogP contribution in [-0.2, 0) is 11.3 Å². The van der Waals surface area contributed by atoms with Gasteiger partial charge < -0.3 is 15.6 Å². The molecule has 0 unspecified atom stereocenters. The lowest BCUT2D eigenvalue weighted by Crippen LogP contribution is -2.20. The largest absolute Gasteiger partial charge is 0.366 e. The molecule has 3 N–H and O–H groups in total. The Bertz CT molecular complexity index is 974. The SMILES string of the molecule is NC(=O)c1cccc(NC(=O)Cn2c(SC(F)F)nc3ccccc32)c1. The van der Waals surface area contributed by atoms with E-state index in [0.29, 0.717) is 16.7 Å². The van der Waals surface area contributed by atoms with Crippen LogP contribution < -0.4 is 11.1 Å². The molecule has 0 radical (unpaired) electrons. The van der Waals surface area contributed by atoms with Crippen LogP contribution in [0.1, 0.15) is 10.4 Å². The van der Waals surface area contributed by atoms with E-state index in [1.165, 1.54) is 16.7 Å². The quantitative estimate of drug-likeness (QED) is 0.647. The van der Waals surface area contributed by atoms with E-state index in [0.717, 1.165) is 0 Å². The number of hydrogen-bond donors (Lipinski definition) is 2. The van der Waals surface area contributed by atoms with Crippen LogP contribution in [-0.4, -0.2) is 27.1 Å². The molecule has 0 aliphatic carbocycles. The number of aromatic nitrogens is 2. The summed E-state index contributed by atoms with van der Waals surface area (Å²) in [4.78, 5) is 27.7. The van der Waals surface area contributed by atoms with E-state index in [1.54, 1.807) is 36.4 Å². The van der Waals surface area contributed by atoms with Crippen LogP contribution in [0.5, 0.6) is 0 Å². The lowest BCUT2D eigenvalue weighted by Gasteiger charge is -2.10. The predicted molar refractivity (Wildman–Crippen MR) is 95.2 cm³/mol. The average Bonchev–Trinajstić information content (AvgIpc) is 2.91. The summed E-state index contributed by atoms with van der Waals surface area (Å²) in [6.07, 6.45) is 0. The zero-order chi connectivity index (χ0) is 18.7. The molecule has 0 aliphatic heterocycles. The molecular formula is C17H14F2N4O2S. The van der Waals surface area contributed by atoms with Gasteiger partial charge in [-0.25, -0.2) is 4.98 Å². The van der Waals surface area contributed by atoms with E-state index in [4.69, 9.17) is 5.73 Å². The molecule has 9 heteroatoms. The minimum absolute atomic E-state index is 0.0576. The molecule has 2 aromatic carbocycles. The predicted octanol–water partition coefficient (Wildman–Crippen LogP) is 3.09. The third-order valence-corrected chi connectivity index (χ3v) is 4.25. The molecule has 0 atom stereocenters. The van der Waals surface area contributed by atoms with E-state index in [1.807, 2.05) is 0 Å². The van der Waals surface area contributed by atoms with Crippen molar-refractivity contribution in [3.63, 3.8) is 0 Å². The summed E-state index contributed by atoms with van der Waals surface area (Å²) in [6.45, 7) is -0.198. The number of amides is 2. The fraction of sp³-hybridized carbons (Fsp3) is 0.118. The van der Waals surface area contributed by atoms with Crippen molar-refractivity contribution in [3.8, 4) is 0 Å². The Hall–Kier alpha value is -2.94. The Balaban J connectivity index is 1.85. The van der Waals surface area contributed by atoms with Gasteiger partial charge in [-0.2, -0.15) is 8.78 Å². The first-order chi connectivity index (χ1) is 12.4. The second-order valence-corrected chi connectivity index (χ2v) is 6.30. The van der Waals surface area contributed by atoms with Gasteiger partial charge in [0.05, 0.1) is 11.0 Å². The average molecular weight is 376 g/mol. The number of benzene rings is 2. The van der Waals surface area contributed by atoms with Crippen LogP contribution in [0, 0.1) is 0 Å². The Morgan fingerprint density at radius 3 is 2.69 bits per heavy atom. The molecule has 0 aliphatic rings. The molecule has 2 amide bonds. The standard InChI is InChI=1S/C17H14F2N4O2S/c18-16(19)26-17-22-12-6-1-2-7-13(12)23(17)9-14(24)21-11-5-3-4-10(8-11)15(20)25/h1-8,16H,9H2,(H2,20,25)(H,21,24). The number of alkyl halides is 2. The third-order valence-electron chi connectivity index (χ3n) is 3.55. The maximum Gasteiger partial charge on any atom is 0.291 e. The number of hydrogen-bond acceptors (Lipinski definition) is 4. The number of carbonyl (C=O) groups is 2. The number of nitrogens with one attached hydrogen (secondary N) is 1. The first-order valence-electron chi connectivity index (χ1n) is 7.54. The summed E-state index contributed by atoms with van der Waals surface area (Å²) in [5.41, 5.74) is 6.96. The van der Waals surface area contributed by atoms with Crippen LogP contribution in [0.15, 0.2) is 53.7 Å². The van der Waals surface area contributed by atoms with E-state index in [-0.39, 0.29) is 29.0 Å². The van der Waals surface area contributed by atoms with Gasteiger partial charge >= 0.3 is 0 Å². The first kappa shape index (κ1) is 17.9. The monoisotopic (exact) mass is 376 g/mol. The van der Waals surface area contributed by atoms with Crippen molar-refractivity contribution in [1.29, 1.82) is 0 Å². The van der Waals surface area contributed by atoms with Crippen LogP contribution in [0.25, 0.3) is 11.0 Å². The number of thioether (sulfide) groups is 1. The highest BCUT2D eigenvalue weighted by atomic mass is 32.2. The van der Waals surface area contributed by atoms with Crippen LogP contribution in [0.2, 0.25) is 0 Å². The van der Waals surface area contributed by atoms with Gasteiger partial charge in [-0.1, -0.05) is 18.2 Å². The number of rotatable bonds is 6. The molecule has 0 spiro atoms. The van der Waals surface area contributed by atoms with Crippen molar-refractivity contribution in [2.75, 3.05) is 5.32 Å². The number of fused-ring (bicyclic) bond motifs is 1. The van der Waals surface area contributed by atoms with E-state index in [2.05, 4.69) is 10.3 Å². The summed E-state index contributed by atoms with van der Waals surface area (Å²) in [6, 6.07) is 13.0. The van der Waals surface area contributed by atoms with Crippen molar-refractivity contribution < 1.29 is 18.4 Å². The number of para-hydroxylation sites is 2. The molecule has 26 heavy (non-hydrogen) atoms. The topological polar surface area (TPSA) is 90.0 Å². The highest BCUT2D eigenvalue weighted by Crippen LogP contribution is 2.28. The van der Waals surface area contributed by atoms with Gasteiger partial charge in [-0.05, 0) is 42.1 Å². The van der Waals surface area contributed by atoms with Gasteiger partial charge in [0.15, 0.2) is 5.16 Å². The number of anilines is 1. The number of halogens is 2. The summed E-state index contributed by atoms with van der Waals surface area (Å²) in [7, 11) is 0. The Labute approximate surface area is 151 Å². The Morgan fingerprint density at radius 1 is 1.19 bits per heavy atom. The zero-order valence-electron chi connectivity index (χ0n) is 13.4. The van der Waals surface area contributed by atoms with Crippen molar-refractivity contribution in [3.05, 3.63) is 54.1 Å². The number of nitrogens with zero attached hydrogens (tertiary/aromatic N) is 2. The third kappa shape index (κ3) is 3.99. The Kier molecular flexibility index (Phi) is 5.17. The molecule has 0 bridgehead atoms. The molecule has 0 fully saturated rings. The Morgan fingerprint density at radius 2 is 1.96 bits per heavy atom. The minimum Gasteiger partial charge on any atom is -0.366 e. The van der Waals surface area contributed by atoms with Gasteiger partial charge in [0.25, 0.3) is 5.76 Å². The lowest BCUT2D eigenvalue weighted by atomic mass is 10.2. The van der Waals surface area contributed by atoms with Gasteiger partial charge in [0.1, 0.15) is 6.54 Å². The second-order valence-electron chi connectivity index (χ2n) is 5.34. The van der Waals surface area contributed by atoms with Crippen LogP contribution in [0.4, 0.5) is 14.5 Å². The second kappa shape index (κ2) is 7.52. The number of nitrogens with two attached hydrogens (primary N) is 1. The lowest BCUT2D eigenvalue weighted by molar-refractivity contribution is -0.116. The van der Waals surface area contributed by atoms with Crippen molar-refractivity contribution in [2.45, 2.75) is 17.5 Å². The van der Waals surface area contributed by atoms with Gasteiger partial charge in [-0.3, -0.25) is 9.59 Å². The molecule has 3 aromatic rings. The smallest absolute Gasteiger partial charge is 0.291 e. The zero-order valence-corrected chi connectivity index (χ0v) is 14.2. The summed E-state index contributed by atoms with van der Waals surface area (Å²) < 4.78 is 27.0. The molecule has 3 rings (SSSR count). The number of carbonyl (C=O) groups excluding carboxylic acids is 2. The molecule has 0 saturated heterocycles. The van der Waals surface area contributed by atoms with Crippen molar-refractivity contribution in [2.24, 2.45) is 5.73 Å². The van der Waals surface area contributed by atoms with Crippen molar-refractivity contribution >= 4 is 40.3 Å². The number of imidazole rings is 1. The van der Waals surface area contributed by atoms with Crippen LogP contribution >= 0.6 is 11.8 Å². The van der Waals surface area contributed by atoms with Crippen molar-refractivity contribution in [1.82, 2.24) is 9.55 Å². The highest BCUT2D eigenvalue weighted by Gasteiger charge is 2.18. The summed E-state index contributed by atoms with van der Waals surface area (Å²) >= 11 is 0.283. The van der Waals surface area contributed by atoms with Crippen LogP contribution in [0.3, 0.4) is 0 Å². The molecule has 1 heterocycles. The maximum atomic E-state index is 12.8. The van der Waals surface area contributed by atoms with E-state index < -0.39 is 17.6 Å². The molecule has 6 nitrogen and oxygen atoms in total. The molecule has 134 valence electrons. The molecule has 1 aromatic heterocycles. The molecule has 0 saturated carbocycles.